The third-order valence-corrected chi connectivity index (χ3v) is 3.72. The quantitative estimate of drug-likeness (QED) is 0.689. The first kappa shape index (κ1) is 16.9. The minimum Gasteiger partial charge on any atom is -0.309 e. The molecule has 0 spiro atoms. The molecule has 0 aromatic heterocycles. The Morgan fingerprint density at radius 3 is 2.40 bits per heavy atom. The van der Waals surface area contributed by atoms with E-state index in [1.54, 1.807) is 12.1 Å². The van der Waals surface area contributed by atoms with Crippen LogP contribution in [0, 0.1) is 10.1 Å². The fraction of sp³-hybridized carbons (Fsp3) is 0.571. The Morgan fingerprint density at radius 2 is 1.85 bits per heavy atom. The highest BCUT2D eigenvalue weighted by Crippen LogP contribution is 2.29. The molecule has 0 amide bonds. The first-order valence-electron chi connectivity index (χ1n) is 6.72. The molecule has 1 aromatic rings. The van der Waals surface area contributed by atoms with E-state index in [4.69, 9.17) is 0 Å². The van der Waals surface area contributed by atoms with Gasteiger partial charge in [0.15, 0.2) is 0 Å². The zero-order chi connectivity index (χ0) is 14.0. The average Bonchev–Trinajstić information content (AvgIpc) is 2.36. The lowest BCUT2D eigenvalue weighted by atomic mass is 10.0. The van der Waals surface area contributed by atoms with Crippen molar-refractivity contribution in [3.8, 4) is 0 Å². The summed E-state index contributed by atoms with van der Waals surface area (Å²) in [5, 5.41) is 14.6. The second-order valence-corrected chi connectivity index (χ2v) is 5.41. The van der Waals surface area contributed by atoms with Gasteiger partial charge in [0.1, 0.15) is 0 Å². The Balaban J connectivity index is 0.00000200. The Morgan fingerprint density at radius 1 is 1.30 bits per heavy atom. The number of rotatable bonds is 3. The first-order chi connectivity index (χ1) is 8.99. The van der Waals surface area contributed by atoms with E-state index in [1.165, 1.54) is 0 Å². The van der Waals surface area contributed by atoms with Crippen molar-refractivity contribution in [3.05, 3.63) is 39.9 Å². The van der Waals surface area contributed by atoms with Crippen molar-refractivity contribution in [2.45, 2.75) is 38.9 Å². The molecule has 112 valence electrons. The van der Waals surface area contributed by atoms with Crippen molar-refractivity contribution in [1.82, 2.24) is 10.2 Å². The minimum absolute atomic E-state index is 0. The molecule has 1 aromatic carbocycles. The number of hydrogen-bond donors (Lipinski definition) is 1. The maximum Gasteiger partial charge on any atom is 0.274 e. The number of nitro groups is 1. The summed E-state index contributed by atoms with van der Waals surface area (Å²) in [7, 11) is 0. The highest BCUT2D eigenvalue weighted by Gasteiger charge is 2.28. The van der Waals surface area contributed by atoms with Crippen LogP contribution >= 0.6 is 12.4 Å². The van der Waals surface area contributed by atoms with Crippen molar-refractivity contribution in [1.29, 1.82) is 0 Å². The van der Waals surface area contributed by atoms with E-state index in [9.17, 15) is 10.1 Å². The molecule has 2 rings (SSSR count). The molecule has 0 radical (unpaired) electrons. The lowest BCUT2D eigenvalue weighted by Gasteiger charge is -2.39. The standard InChI is InChI=1S/C14H21N3O2.ClH/c1-10-8-16(9-11(2)15-10)12(3)13-6-4-5-7-14(13)17(18)19;/h4-7,10-12,15H,8-9H2,1-3H3;1H. The summed E-state index contributed by atoms with van der Waals surface area (Å²) in [6, 6.07) is 7.92. The molecule has 3 atom stereocenters. The second kappa shape index (κ2) is 7.02. The number of nitrogens with zero attached hydrogens (tertiary/aromatic N) is 2. The third kappa shape index (κ3) is 3.69. The largest absolute Gasteiger partial charge is 0.309 e. The smallest absolute Gasteiger partial charge is 0.274 e. The van der Waals surface area contributed by atoms with E-state index < -0.39 is 0 Å². The van der Waals surface area contributed by atoms with E-state index in [1.807, 2.05) is 19.1 Å². The fourth-order valence-electron chi connectivity index (χ4n) is 2.89. The molecule has 1 saturated heterocycles. The van der Waals surface area contributed by atoms with Crippen LogP contribution in [0.2, 0.25) is 0 Å². The van der Waals surface area contributed by atoms with Gasteiger partial charge in [-0.2, -0.15) is 0 Å². The van der Waals surface area contributed by atoms with Crippen molar-refractivity contribution in [3.63, 3.8) is 0 Å². The lowest BCUT2D eigenvalue weighted by Crippen LogP contribution is -2.54. The third-order valence-electron chi connectivity index (χ3n) is 3.72. The highest BCUT2D eigenvalue weighted by molar-refractivity contribution is 5.85. The van der Waals surface area contributed by atoms with Gasteiger partial charge < -0.3 is 5.32 Å². The zero-order valence-corrected chi connectivity index (χ0v) is 12.9. The van der Waals surface area contributed by atoms with Crippen LogP contribution in [0.5, 0.6) is 0 Å². The lowest BCUT2D eigenvalue weighted by molar-refractivity contribution is -0.386. The molecule has 20 heavy (non-hydrogen) atoms. The van der Waals surface area contributed by atoms with Crippen LogP contribution in [0.4, 0.5) is 5.69 Å². The van der Waals surface area contributed by atoms with Crippen molar-refractivity contribution in [2.24, 2.45) is 0 Å². The molecular weight excluding hydrogens is 278 g/mol. The molecular formula is C14H22ClN3O2. The van der Waals surface area contributed by atoms with Gasteiger partial charge in [0.05, 0.1) is 4.92 Å². The Kier molecular flexibility index (Phi) is 5.92. The second-order valence-electron chi connectivity index (χ2n) is 5.41. The summed E-state index contributed by atoms with van der Waals surface area (Å²) >= 11 is 0. The van der Waals surface area contributed by atoms with Gasteiger partial charge in [0.25, 0.3) is 5.69 Å². The van der Waals surface area contributed by atoms with Gasteiger partial charge in [-0.1, -0.05) is 18.2 Å². The predicted octanol–water partition coefficient (Wildman–Crippen LogP) is 2.76. The number of nitro benzene ring substituents is 1. The molecule has 1 aliphatic heterocycles. The molecule has 0 bridgehead atoms. The summed E-state index contributed by atoms with van der Waals surface area (Å²) in [6.07, 6.45) is 0. The molecule has 1 fully saturated rings. The van der Waals surface area contributed by atoms with Gasteiger partial charge in [0, 0.05) is 42.8 Å². The maximum absolute atomic E-state index is 11.1. The molecule has 3 unspecified atom stereocenters. The molecule has 1 heterocycles. The predicted molar refractivity (Wildman–Crippen MR) is 82.4 cm³/mol. The normalized spacial score (nSPS) is 24.8. The molecule has 1 N–H and O–H groups in total. The van der Waals surface area contributed by atoms with Crippen LogP contribution in [-0.2, 0) is 0 Å². The van der Waals surface area contributed by atoms with E-state index >= 15 is 0 Å². The maximum atomic E-state index is 11.1. The fourth-order valence-corrected chi connectivity index (χ4v) is 2.89. The number of para-hydroxylation sites is 1. The van der Waals surface area contributed by atoms with Crippen LogP contribution in [0.3, 0.4) is 0 Å². The first-order valence-corrected chi connectivity index (χ1v) is 6.72. The van der Waals surface area contributed by atoms with E-state index in [2.05, 4.69) is 24.1 Å². The van der Waals surface area contributed by atoms with Crippen LogP contribution < -0.4 is 5.32 Å². The van der Waals surface area contributed by atoms with Gasteiger partial charge in [0.2, 0.25) is 0 Å². The number of piperazine rings is 1. The number of halogens is 1. The topological polar surface area (TPSA) is 58.4 Å². The molecule has 5 nitrogen and oxygen atoms in total. The van der Waals surface area contributed by atoms with Crippen LogP contribution in [0.25, 0.3) is 0 Å². The molecule has 0 saturated carbocycles. The van der Waals surface area contributed by atoms with Crippen LogP contribution in [-0.4, -0.2) is 35.0 Å². The van der Waals surface area contributed by atoms with E-state index in [0.29, 0.717) is 12.1 Å². The Labute approximate surface area is 125 Å². The summed E-state index contributed by atoms with van der Waals surface area (Å²) in [6.45, 7) is 8.17. The van der Waals surface area contributed by atoms with Gasteiger partial charge in [-0.15, -0.1) is 12.4 Å². The van der Waals surface area contributed by atoms with Gasteiger partial charge in [-0.25, -0.2) is 0 Å². The zero-order valence-electron chi connectivity index (χ0n) is 12.1. The van der Waals surface area contributed by atoms with Gasteiger partial charge in [-0.05, 0) is 20.8 Å². The van der Waals surface area contributed by atoms with Crippen molar-refractivity contribution >= 4 is 18.1 Å². The Hall–Kier alpha value is -1.17. The highest BCUT2D eigenvalue weighted by atomic mass is 35.5. The van der Waals surface area contributed by atoms with E-state index in [0.717, 1.165) is 18.7 Å². The summed E-state index contributed by atoms with van der Waals surface area (Å²) in [5.41, 5.74) is 1.02. The van der Waals surface area contributed by atoms with Gasteiger partial charge in [-0.3, -0.25) is 15.0 Å². The molecule has 0 aliphatic carbocycles. The van der Waals surface area contributed by atoms with Gasteiger partial charge >= 0.3 is 0 Å². The molecule has 1 aliphatic rings. The van der Waals surface area contributed by atoms with E-state index in [-0.39, 0.29) is 29.1 Å². The average molecular weight is 300 g/mol. The molecule has 6 heteroatoms. The van der Waals surface area contributed by atoms with Crippen molar-refractivity contribution in [2.75, 3.05) is 13.1 Å². The number of nitrogens with one attached hydrogen (secondary N) is 1. The SMILES string of the molecule is CC1CN(C(C)c2ccccc2[N+](=O)[O-])CC(C)N1.Cl. The van der Waals surface area contributed by atoms with Crippen LogP contribution in [0.1, 0.15) is 32.4 Å². The number of hydrogen-bond acceptors (Lipinski definition) is 4. The summed E-state index contributed by atoms with van der Waals surface area (Å²) in [4.78, 5) is 13.1. The summed E-state index contributed by atoms with van der Waals surface area (Å²) < 4.78 is 0. The monoisotopic (exact) mass is 299 g/mol. The van der Waals surface area contributed by atoms with Crippen molar-refractivity contribution < 1.29 is 4.92 Å². The summed E-state index contributed by atoms with van der Waals surface area (Å²) in [5.74, 6) is 0. The number of benzene rings is 1. The minimum atomic E-state index is -0.291. The Bertz CT molecular complexity index is 459. The van der Waals surface area contributed by atoms with Crippen LogP contribution in [0.15, 0.2) is 24.3 Å².